The first-order valence-corrected chi connectivity index (χ1v) is 3.37. The van der Waals surface area contributed by atoms with Gasteiger partial charge in [0.25, 0.3) is 0 Å². The molecule has 2 unspecified atom stereocenters. The van der Waals surface area contributed by atoms with E-state index in [-0.39, 0.29) is 0 Å². The van der Waals surface area contributed by atoms with Gasteiger partial charge in [0.05, 0.1) is 7.11 Å². The monoisotopic (exact) mass is 198 g/mol. The first-order valence-electron chi connectivity index (χ1n) is 2.45. The zero-order chi connectivity index (χ0) is 7.44. The highest BCUT2D eigenvalue weighted by Crippen LogP contribution is 2.09. The van der Waals surface area contributed by atoms with E-state index in [9.17, 15) is 9.18 Å². The molecule has 54 valence electrons. The number of methoxy groups -OCH3 is 1. The Morgan fingerprint density at radius 3 is 2.33 bits per heavy atom. The molecule has 0 saturated heterocycles. The lowest BCUT2D eigenvalue weighted by Crippen LogP contribution is -2.23. The SMILES string of the molecule is COC(=O)C(Br)C(C)F. The van der Waals surface area contributed by atoms with Crippen molar-refractivity contribution in [2.75, 3.05) is 7.11 Å². The Hall–Kier alpha value is -0.120. The smallest absolute Gasteiger partial charge is 0.322 e. The molecule has 0 spiro atoms. The Labute approximate surface area is 61.5 Å². The molecule has 2 nitrogen and oxygen atoms in total. The lowest BCUT2D eigenvalue weighted by Gasteiger charge is -2.06. The maximum atomic E-state index is 12.2. The number of ether oxygens (including phenoxy) is 1. The number of rotatable bonds is 2. The molecule has 0 amide bonds. The number of alkyl halides is 2. The Morgan fingerprint density at radius 1 is 1.78 bits per heavy atom. The van der Waals surface area contributed by atoms with E-state index in [1.165, 1.54) is 14.0 Å². The summed E-state index contributed by atoms with van der Waals surface area (Å²) in [6.45, 7) is 1.29. The van der Waals surface area contributed by atoms with Crippen molar-refractivity contribution in [3.05, 3.63) is 0 Å². The molecular formula is C5H8BrFO2. The van der Waals surface area contributed by atoms with Gasteiger partial charge in [-0.05, 0) is 6.92 Å². The second kappa shape index (κ2) is 3.82. The molecule has 0 fully saturated rings. The van der Waals surface area contributed by atoms with Crippen LogP contribution in [0, 0.1) is 0 Å². The van der Waals surface area contributed by atoms with Crippen LogP contribution >= 0.6 is 15.9 Å². The van der Waals surface area contributed by atoms with Crippen LogP contribution in [-0.4, -0.2) is 24.1 Å². The van der Waals surface area contributed by atoms with Gasteiger partial charge in [0.2, 0.25) is 0 Å². The average Bonchev–Trinajstić information content (AvgIpc) is 1.84. The first kappa shape index (κ1) is 8.88. The molecule has 0 rings (SSSR count). The molecule has 2 atom stereocenters. The van der Waals surface area contributed by atoms with Gasteiger partial charge in [-0.1, -0.05) is 15.9 Å². The highest BCUT2D eigenvalue weighted by Gasteiger charge is 2.21. The topological polar surface area (TPSA) is 26.3 Å². The van der Waals surface area contributed by atoms with E-state index >= 15 is 0 Å². The molecule has 0 aromatic carbocycles. The van der Waals surface area contributed by atoms with Crippen molar-refractivity contribution < 1.29 is 13.9 Å². The van der Waals surface area contributed by atoms with Crippen LogP contribution in [0.4, 0.5) is 4.39 Å². The highest BCUT2D eigenvalue weighted by molar-refractivity contribution is 9.10. The maximum Gasteiger partial charge on any atom is 0.322 e. The van der Waals surface area contributed by atoms with Gasteiger partial charge < -0.3 is 4.74 Å². The third-order valence-electron chi connectivity index (χ3n) is 0.830. The summed E-state index contributed by atoms with van der Waals surface area (Å²) in [4.78, 5) is 9.61. The summed E-state index contributed by atoms with van der Waals surface area (Å²) >= 11 is 2.82. The van der Waals surface area contributed by atoms with Crippen LogP contribution in [0.2, 0.25) is 0 Å². The van der Waals surface area contributed by atoms with Crippen molar-refractivity contribution in [3.63, 3.8) is 0 Å². The number of carbonyl (C=O) groups excluding carboxylic acids is 1. The number of esters is 1. The van der Waals surface area contributed by atoms with Gasteiger partial charge in [-0.2, -0.15) is 0 Å². The molecule has 0 N–H and O–H groups in total. The van der Waals surface area contributed by atoms with Crippen molar-refractivity contribution in [2.45, 2.75) is 17.9 Å². The van der Waals surface area contributed by atoms with Crippen LogP contribution in [0.5, 0.6) is 0 Å². The van der Waals surface area contributed by atoms with Crippen LogP contribution in [0.1, 0.15) is 6.92 Å². The third kappa shape index (κ3) is 2.79. The molecule has 0 heterocycles. The number of hydrogen-bond donors (Lipinski definition) is 0. The minimum absolute atomic E-state index is 0.579. The Balaban J connectivity index is 3.72. The Kier molecular flexibility index (Phi) is 3.77. The zero-order valence-corrected chi connectivity index (χ0v) is 6.81. The molecule has 0 radical (unpaired) electrons. The van der Waals surface area contributed by atoms with E-state index in [1.54, 1.807) is 0 Å². The molecule has 4 heteroatoms. The highest BCUT2D eigenvalue weighted by atomic mass is 79.9. The van der Waals surface area contributed by atoms with E-state index in [2.05, 4.69) is 20.7 Å². The van der Waals surface area contributed by atoms with Crippen molar-refractivity contribution in [1.29, 1.82) is 0 Å². The lowest BCUT2D eigenvalue weighted by atomic mass is 10.3. The second-order valence-corrected chi connectivity index (χ2v) is 2.59. The summed E-state index contributed by atoms with van der Waals surface area (Å²) in [6, 6.07) is 0. The van der Waals surface area contributed by atoms with Crippen molar-refractivity contribution in [2.24, 2.45) is 0 Å². The molecule has 9 heavy (non-hydrogen) atoms. The predicted octanol–water partition coefficient (Wildman–Crippen LogP) is 1.28. The van der Waals surface area contributed by atoms with Crippen molar-refractivity contribution in [1.82, 2.24) is 0 Å². The maximum absolute atomic E-state index is 12.2. The molecule has 0 saturated carbocycles. The molecule has 0 bridgehead atoms. The minimum Gasteiger partial charge on any atom is -0.468 e. The molecule has 0 aromatic heterocycles. The van der Waals surface area contributed by atoms with Gasteiger partial charge in [0.1, 0.15) is 11.0 Å². The summed E-state index contributed by atoms with van der Waals surface area (Å²) in [5.41, 5.74) is 0. The lowest BCUT2D eigenvalue weighted by molar-refractivity contribution is -0.140. The minimum atomic E-state index is -1.21. The summed E-state index contributed by atoms with van der Waals surface area (Å²) in [7, 11) is 1.22. The fourth-order valence-corrected chi connectivity index (χ4v) is 0.487. The number of halogens is 2. The Morgan fingerprint density at radius 2 is 2.22 bits per heavy atom. The van der Waals surface area contributed by atoms with E-state index in [4.69, 9.17) is 0 Å². The predicted molar refractivity (Wildman–Crippen MR) is 35.3 cm³/mol. The summed E-state index contributed by atoms with van der Waals surface area (Å²) in [5.74, 6) is -0.579. The van der Waals surface area contributed by atoms with Gasteiger partial charge in [-0.15, -0.1) is 0 Å². The van der Waals surface area contributed by atoms with Gasteiger partial charge in [0, 0.05) is 0 Å². The zero-order valence-electron chi connectivity index (χ0n) is 5.23. The van der Waals surface area contributed by atoms with E-state index in [1.807, 2.05) is 0 Å². The fraction of sp³-hybridized carbons (Fsp3) is 0.800. The Bertz CT molecular complexity index is 105. The van der Waals surface area contributed by atoms with Crippen LogP contribution in [0.25, 0.3) is 0 Å². The quantitative estimate of drug-likeness (QED) is 0.494. The fourth-order valence-electron chi connectivity index (χ4n) is 0.300. The van der Waals surface area contributed by atoms with Crippen molar-refractivity contribution in [3.8, 4) is 0 Å². The van der Waals surface area contributed by atoms with Crippen LogP contribution in [0.15, 0.2) is 0 Å². The van der Waals surface area contributed by atoms with Gasteiger partial charge >= 0.3 is 5.97 Å². The third-order valence-corrected chi connectivity index (χ3v) is 1.93. The van der Waals surface area contributed by atoms with Crippen molar-refractivity contribution >= 4 is 21.9 Å². The van der Waals surface area contributed by atoms with Gasteiger partial charge in [-0.3, -0.25) is 4.79 Å². The largest absolute Gasteiger partial charge is 0.468 e. The molecule has 0 aromatic rings. The average molecular weight is 199 g/mol. The van der Waals surface area contributed by atoms with E-state index < -0.39 is 17.0 Å². The summed E-state index contributed by atoms with van der Waals surface area (Å²) in [5, 5.41) is 0. The van der Waals surface area contributed by atoms with E-state index in [0.717, 1.165) is 0 Å². The first-order chi connectivity index (χ1) is 4.09. The summed E-state index contributed by atoms with van der Waals surface area (Å²) in [6.07, 6.45) is -1.21. The van der Waals surface area contributed by atoms with Gasteiger partial charge in [-0.25, -0.2) is 4.39 Å². The summed E-state index contributed by atoms with van der Waals surface area (Å²) < 4.78 is 16.4. The number of carbonyl (C=O) groups is 1. The molecular weight excluding hydrogens is 191 g/mol. The van der Waals surface area contributed by atoms with E-state index in [0.29, 0.717) is 0 Å². The molecule has 0 aliphatic carbocycles. The normalized spacial score (nSPS) is 16.4. The van der Waals surface area contributed by atoms with Crippen LogP contribution < -0.4 is 0 Å². The molecule has 0 aliphatic rings. The van der Waals surface area contributed by atoms with Crippen LogP contribution in [0.3, 0.4) is 0 Å². The number of hydrogen-bond acceptors (Lipinski definition) is 2. The molecule has 0 aliphatic heterocycles. The van der Waals surface area contributed by atoms with Crippen LogP contribution in [-0.2, 0) is 9.53 Å². The van der Waals surface area contributed by atoms with Gasteiger partial charge in [0.15, 0.2) is 0 Å². The standard InChI is InChI=1S/C5H8BrFO2/c1-3(7)4(6)5(8)9-2/h3-4H,1-2H3. The second-order valence-electron chi connectivity index (χ2n) is 1.60.